The van der Waals surface area contributed by atoms with Crippen LogP contribution in [-0.2, 0) is 9.53 Å². The predicted octanol–water partition coefficient (Wildman–Crippen LogP) is 2.30. The van der Waals surface area contributed by atoms with Crippen LogP contribution in [0.5, 0.6) is 5.75 Å². The third-order valence-corrected chi connectivity index (χ3v) is 2.97. The van der Waals surface area contributed by atoms with Gasteiger partial charge in [-0.05, 0) is 25.0 Å². The molecular weight excluding hydrogens is 258 g/mol. The first kappa shape index (κ1) is 15.7. The number of carbonyl (C=O) groups excluding carboxylic acids is 2. The second kappa shape index (κ2) is 7.29. The Bertz CT molecular complexity index is 533. The summed E-state index contributed by atoms with van der Waals surface area (Å²) in [6.07, 6.45) is 0.0583. The number of esters is 1. The van der Waals surface area contributed by atoms with E-state index < -0.39 is 23.6 Å². The summed E-state index contributed by atoms with van der Waals surface area (Å²) < 4.78 is 4.90. The lowest BCUT2D eigenvalue weighted by Crippen LogP contribution is -2.32. The summed E-state index contributed by atoms with van der Waals surface area (Å²) in [6.45, 7) is 3.44. The first-order valence-corrected chi connectivity index (χ1v) is 6.38. The highest BCUT2D eigenvalue weighted by atomic mass is 16.5. The standard InChI is InChI=1S/C15H17NO4/c1-3-20-15(19)13(10(2)8-9-16)14(18)11-6-4-5-7-12(11)17/h4-7,10,13,17H,3,8H2,1-2H3. The largest absolute Gasteiger partial charge is 0.507 e. The van der Waals surface area contributed by atoms with E-state index in [2.05, 4.69) is 0 Å². The zero-order chi connectivity index (χ0) is 15.1. The Labute approximate surface area is 117 Å². The second-order valence-corrected chi connectivity index (χ2v) is 4.45. The van der Waals surface area contributed by atoms with Crippen LogP contribution in [0.25, 0.3) is 0 Å². The number of Topliss-reactive ketones (excluding diaryl/α,β-unsaturated/α-hetero) is 1. The molecule has 0 aliphatic rings. The molecule has 2 unspecified atom stereocenters. The van der Waals surface area contributed by atoms with Gasteiger partial charge in [-0.25, -0.2) is 0 Å². The average molecular weight is 275 g/mol. The summed E-state index contributed by atoms with van der Waals surface area (Å²) in [4.78, 5) is 24.4. The molecule has 20 heavy (non-hydrogen) atoms. The van der Waals surface area contributed by atoms with Gasteiger partial charge in [-0.1, -0.05) is 19.1 Å². The topological polar surface area (TPSA) is 87.4 Å². The number of nitrogens with zero attached hydrogens (tertiary/aromatic N) is 1. The number of ether oxygens (including phenoxy) is 1. The van der Waals surface area contributed by atoms with Gasteiger partial charge in [0.2, 0.25) is 0 Å². The van der Waals surface area contributed by atoms with Crippen LogP contribution in [0.2, 0.25) is 0 Å². The molecule has 0 amide bonds. The molecule has 0 bridgehead atoms. The van der Waals surface area contributed by atoms with Crippen LogP contribution in [0.1, 0.15) is 30.6 Å². The highest BCUT2D eigenvalue weighted by molar-refractivity contribution is 6.10. The quantitative estimate of drug-likeness (QED) is 0.489. The fourth-order valence-corrected chi connectivity index (χ4v) is 1.94. The third-order valence-electron chi connectivity index (χ3n) is 2.97. The summed E-state index contributed by atoms with van der Waals surface area (Å²) in [5, 5.41) is 18.5. The molecule has 0 spiro atoms. The van der Waals surface area contributed by atoms with Crippen molar-refractivity contribution in [1.82, 2.24) is 0 Å². The van der Waals surface area contributed by atoms with Crippen LogP contribution in [0.4, 0.5) is 0 Å². The van der Waals surface area contributed by atoms with Crippen molar-refractivity contribution in [2.45, 2.75) is 20.3 Å². The Kier molecular flexibility index (Phi) is 5.73. The van der Waals surface area contributed by atoms with Crippen molar-refractivity contribution in [1.29, 1.82) is 5.26 Å². The normalized spacial score (nSPS) is 13.1. The van der Waals surface area contributed by atoms with Crippen LogP contribution in [-0.4, -0.2) is 23.5 Å². The van der Waals surface area contributed by atoms with Gasteiger partial charge in [-0.15, -0.1) is 0 Å². The number of phenolic OH excluding ortho intramolecular Hbond substituents is 1. The highest BCUT2D eigenvalue weighted by Gasteiger charge is 2.35. The smallest absolute Gasteiger partial charge is 0.317 e. The van der Waals surface area contributed by atoms with Gasteiger partial charge in [0.05, 0.1) is 18.2 Å². The number of nitriles is 1. The molecular formula is C15H17NO4. The number of carbonyl (C=O) groups is 2. The van der Waals surface area contributed by atoms with Crippen molar-refractivity contribution in [3.63, 3.8) is 0 Å². The monoisotopic (exact) mass is 275 g/mol. The van der Waals surface area contributed by atoms with Crippen molar-refractivity contribution in [2.24, 2.45) is 11.8 Å². The van der Waals surface area contributed by atoms with Gasteiger partial charge in [0.15, 0.2) is 5.78 Å². The van der Waals surface area contributed by atoms with E-state index >= 15 is 0 Å². The van der Waals surface area contributed by atoms with Gasteiger partial charge >= 0.3 is 5.97 Å². The molecule has 0 aliphatic carbocycles. The third kappa shape index (κ3) is 3.58. The molecule has 0 heterocycles. The summed E-state index contributed by atoms with van der Waals surface area (Å²) in [5.41, 5.74) is 0.0651. The SMILES string of the molecule is CCOC(=O)C(C(=O)c1ccccc1O)C(C)CC#N. The van der Waals surface area contributed by atoms with Gasteiger partial charge in [0.1, 0.15) is 11.7 Å². The molecule has 106 valence electrons. The van der Waals surface area contributed by atoms with E-state index in [4.69, 9.17) is 10.00 Å². The number of benzene rings is 1. The van der Waals surface area contributed by atoms with Gasteiger partial charge in [-0.2, -0.15) is 5.26 Å². The number of ketones is 1. The molecule has 0 radical (unpaired) electrons. The molecule has 0 aliphatic heterocycles. The number of aromatic hydroxyl groups is 1. The van der Waals surface area contributed by atoms with Crippen LogP contribution < -0.4 is 0 Å². The minimum absolute atomic E-state index is 0.0583. The molecule has 0 saturated heterocycles. The van der Waals surface area contributed by atoms with E-state index in [0.29, 0.717) is 0 Å². The van der Waals surface area contributed by atoms with E-state index in [0.717, 1.165) is 0 Å². The molecule has 1 aromatic carbocycles. The van der Waals surface area contributed by atoms with Crippen molar-refractivity contribution in [3.8, 4) is 11.8 Å². The zero-order valence-electron chi connectivity index (χ0n) is 11.5. The summed E-state index contributed by atoms with van der Waals surface area (Å²) in [6, 6.07) is 7.96. The van der Waals surface area contributed by atoms with Crippen molar-refractivity contribution in [3.05, 3.63) is 29.8 Å². The van der Waals surface area contributed by atoms with Crippen molar-refractivity contribution in [2.75, 3.05) is 6.61 Å². The first-order chi connectivity index (χ1) is 9.52. The lowest BCUT2D eigenvalue weighted by Gasteiger charge is -2.19. The van der Waals surface area contributed by atoms with E-state index in [1.54, 1.807) is 26.0 Å². The predicted molar refractivity (Wildman–Crippen MR) is 72.0 cm³/mol. The number of rotatable bonds is 6. The van der Waals surface area contributed by atoms with E-state index in [1.165, 1.54) is 12.1 Å². The first-order valence-electron chi connectivity index (χ1n) is 6.38. The average Bonchev–Trinajstić information content (AvgIpc) is 2.40. The fraction of sp³-hybridized carbons (Fsp3) is 0.400. The maximum Gasteiger partial charge on any atom is 0.317 e. The highest BCUT2D eigenvalue weighted by Crippen LogP contribution is 2.26. The Balaban J connectivity index is 3.11. The summed E-state index contributed by atoms with van der Waals surface area (Å²) in [5.74, 6) is -2.93. The Morgan fingerprint density at radius 3 is 2.60 bits per heavy atom. The molecule has 1 N–H and O–H groups in total. The van der Waals surface area contributed by atoms with Gasteiger partial charge in [0.25, 0.3) is 0 Å². The number of hydrogen-bond donors (Lipinski definition) is 1. The molecule has 0 saturated carbocycles. The molecule has 1 aromatic rings. The van der Waals surface area contributed by atoms with Gasteiger partial charge in [0, 0.05) is 6.42 Å². The van der Waals surface area contributed by atoms with Crippen molar-refractivity contribution >= 4 is 11.8 Å². The fourth-order valence-electron chi connectivity index (χ4n) is 1.94. The van der Waals surface area contributed by atoms with Gasteiger partial charge < -0.3 is 9.84 Å². The van der Waals surface area contributed by atoms with Crippen LogP contribution in [0, 0.1) is 23.2 Å². The molecule has 1 rings (SSSR count). The molecule has 5 nitrogen and oxygen atoms in total. The maximum atomic E-state index is 12.4. The van der Waals surface area contributed by atoms with Crippen molar-refractivity contribution < 1.29 is 19.4 Å². The summed E-state index contributed by atoms with van der Waals surface area (Å²) in [7, 11) is 0. The Hall–Kier alpha value is -2.35. The van der Waals surface area contributed by atoms with Gasteiger partial charge in [-0.3, -0.25) is 9.59 Å². The number of para-hydroxylation sites is 1. The molecule has 2 atom stereocenters. The molecule has 0 aromatic heterocycles. The zero-order valence-corrected chi connectivity index (χ0v) is 11.5. The second-order valence-electron chi connectivity index (χ2n) is 4.45. The molecule has 0 fully saturated rings. The van der Waals surface area contributed by atoms with E-state index in [9.17, 15) is 14.7 Å². The Morgan fingerprint density at radius 2 is 2.05 bits per heavy atom. The number of hydrogen-bond acceptors (Lipinski definition) is 5. The van der Waals surface area contributed by atoms with Crippen LogP contribution >= 0.6 is 0 Å². The minimum Gasteiger partial charge on any atom is -0.507 e. The number of phenols is 1. The van der Waals surface area contributed by atoms with E-state index in [1.807, 2.05) is 6.07 Å². The Morgan fingerprint density at radius 1 is 1.40 bits per heavy atom. The summed E-state index contributed by atoms with van der Waals surface area (Å²) >= 11 is 0. The lowest BCUT2D eigenvalue weighted by atomic mass is 9.85. The van der Waals surface area contributed by atoms with Crippen LogP contribution in [0.3, 0.4) is 0 Å². The maximum absolute atomic E-state index is 12.4. The lowest BCUT2D eigenvalue weighted by molar-refractivity contribution is -0.147. The van der Waals surface area contributed by atoms with E-state index in [-0.39, 0.29) is 24.3 Å². The minimum atomic E-state index is -1.08. The van der Waals surface area contributed by atoms with Crippen LogP contribution in [0.15, 0.2) is 24.3 Å². The molecule has 5 heteroatoms.